The molecular weight excluding hydrogens is 240 g/mol. The zero-order valence-electron chi connectivity index (χ0n) is 11.3. The van der Waals surface area contributed by atoms with Gasteiger partial charge in [0, 0.05) is 5.41 Å². The van der Waals surface area contributed by atoms with Crippen molar-refractivity contribution in [1.82, 2.24) is 15.2 Å². The first kappa shape index (κ1) is 13.3. The van der Waals surface area contributed by atoms with Gasteiger partial charge in [-0.15, -0.1) is 0 Å². The van der Waals surface area contributed by atoms with Gasteiger partial charge in [0.1, 0.15) is 5.69 Å². The number of benzene rings is 1. The summed E-state index contributed by atoms with van der Waals surface area (Å²) in [5.74, 6) is 4.87. The van der Waals surface area contributed by atoms with Crippen LogP contribution in [0.15, 0.2) is 36.4 Å². The molecule has 1 heterocycles. The highest BCUT2D eigenvalue weighted by Crippen LogP contribution is 2.23. The zero-order valence-corrected chi connectivity index (χ0v) is 11.3. The number of hydrogen-bond donors (Lipinski definition) is 2. The summed E-state index contributed by atoms with van der Waals surface area (Å²) in [6.45, 7) is 6.15. The highest BCUT2D eigenvalue weighted by atomic mass is 16.2. The predicted octanol–water partition coefficient (Wildman–Crippen LogP) is 1.77. The highest BCUT2D eigenvalue weighted by molar-refractivity contribution is 5.92. The van der Waals surface area contributed by atoms with Crippen LogP contribution in [0.3, 0.4) is 0 Å². The highest BCUT2D eigenvalue weighted by Gasteiger charge is 2.23. The summed E-state index contributed by atoms with van der Waals surface area (Å²) >= 11 is 0. The Morgan fingerprint density at radius 3 is 2.42 bits per heavy atom. The lowest BCUT2D eigenvalue weighted by Gasteiger charge is -2.14. The maximum Gasteiger partial charge on any atom is 0.283 e. The van der Waals surface area contributed by atoms with Crippen molar-refractivity contribution >= 4 is 5.91 Å². The van der Waals surface area contributed by atoms with E-state index in [0.29, 0.717) is 5.69 Å². The molecule has 0 radical (unpaired) electrons. The molecule has 0 spiro atoms. The van der Waals surface area contributed by atoms with Crippen molar-refractivity contribution in [2.24, 2.45) is 5.84 Å². The molecule has 5 heteroatoms. The van der Waals surface area contributed by atoms with Crippen LogP contribution in [0, 0.1) is 0 Å². The lowest BCUT2D eigenvalue weighted by Crippen LogP contribution is -2.31. The van der Waals surface area contributed by atoms with Crippen LogP contribution < -0.4 is 11.3 Å². The monoisotopic (exact) mass is 258 g/mol. The van der Waals surface area contributed by atoms with Crippen molar-refractivity contribution in [3.8, 4) is 5.69 Å². The largest absolute Gasteiger partial charge is 0.289 e. The Kier molecular flexibility index (Phi) is 3.40. The summed E-state index contributed by atoms with van der Waals surface area (Å²) in [6.07, 6.45) is 0. The van der Waals surface area contributed by atoms with Crippen LogP contribution in [0.2, 0.25) is 0 Å². The molecule has 1 amide bonds. The summed E-state index contributed by atoms with van der Waals surface area (Å²) in [5, 5.41) is 4.52. The molecule has 0 atom stereocenters. The molecule has 1 aromatic carbocycles. The van der Waals surface area contributed by atoms with Gasteiger partial charge in [-0.1, -0.05) is 39.0 Å². The van der Waals surface area contributed by atoms with E-state index in [0.717, 1.165) is 11.4 Å². The number of carbonyl (C=O) groups excluding carboxylic acids is 1. The van der Waals surface area contributed by atoms with Gasteiger partial charge in [0.2, 0.25) is 0 Å². The SMILES string of the molecule is CC(C)(C)c1cc(C(=O)NN)n(-c2ccccc2)n1. The maximum absolute atomic E-state index is 11.9. The van der Waals surface area contributed by atoms with Gasteiger partial charge in [0.25, 0.3) is 5.91 Å². The fourth-order valence-corrected chi connectivity index (χ4v) is 1.75. The van der Waals surface area contributed by atoms with Crippen molar-refractivity contribution < 1.29 is 4.79 Å². The van der Waals surface area contributed by atoms with E-state index in [-0.39, 0.29) is 11.3 Å². The van der Waals surface area contributed by atoms with Gasteiger partial charge in [0.15, 0.2) is 0 Å². The van der Waals surface area contributed by atoms with Gasteiger partial charge in [-0.3, -0.25) is 10.2 Å². The third-order valence-electron chi connectivity index (χ3n) is 2.84. The van der Waals surface area contributed by atoms with E-state index in [4.69, 9.17) is 5.84 Å². The molecule has 0 unspecified atom stereocenters. The molecule has 2 rings (SSSR count). The molecule has 0 aliphatic carbocycles. The Bertz CT molecular complexity index is 581. The topological polar surface area (TPSA) is 72.9 Å². The number of hydrazine groups is 1. The quantitative estimate of drug-likeness (QED) is 0.490. The zero-order chi connectivity index (χ0) is 14.0. The second kappa shape index (κ2) is 4.85. The number of nitrogens with one attached hydrogen (secondary N) is 1. The molecule has 5 nitrogen and oxygen atoms in total. The van der Waals surface area contributed by atoms with Crippen LogP contribution in [0.1, 0.15) is 37.0 Å². The smallest absolute Gasteiger partial charge is 0.283 e. The summed E-state index contributed by atoms with van der Waals surface area (Å²) in [5.41, 5.74) is 4.12. The number of para-hydroxylation sites is 1. The molecule has 0 bridgehead atoms. The average Bonchev–Trinajstić information content (AvgIpc) is 2.83. The molecule has 0 aliphatic rings. The molecule has 19 heavy (non-hydrogen) atoms. The molecule has 100 valence electrons. The van der Waals surface area contributed by atoms with Gasteiger partial charge < -0.3 is 0 Å². The summed E-state index contributed by atoms with van der Waals surface area (Å²) in [7, 11) is 0. The van der Waals surface area contributed by atoms with Gasteiger partial charge in [-0.2, -0.15) is 5.10 Å². The fourth-order valence-electron chi connectivity index (χ4n) is 1.75. The Hall–Kier alpha value is -2.14. The van der Waals surface area contributed by atoms with Crippen LogP contribution in [0.5, 0.6) is 0 Å². The van der Waals surface area contributed by atoms with E-state index in [9.17, 15) is 4.79 Å². The normalized spacial score (nSPS) is 11.4. The van der Waals surface area contributed by atoms with E-state index in [1.807, 2.05) is 30.3 Å². The second-order valence-electron chi connectivity index (χ2n) is 5.39. The van der Waals surface area contributed by atoms with Crippen molar-refractivity contribution in [2.45, 2.75) is 26.2 Å². The third-order valence-corrected chi connectivity index (χ3v) is 2.84. The Morgan fingerprint density at radius 1 is 1.26 bits per heavy atom. The number of aromatic nitrogens is 2. The van der Waals surface area contributed by atoms with Gasteiger partial charge >= 0.3 is 0 Å². The minimum atomic E-state index is -0.355. The molecule has 0 fully saturated rings. The lowest BCUT2D eigenvalue weighted by atomic mass is 9.92. The summed E-state index contributed by atoms with van der Waals surface area (Å²) < 4.78 is 1.61. The van der Waals surface area contributed by atoms with Crippen molar-refractivity contribution in [1.29, 1.82) is 0 Å². The first-order chi connectivity index (χ1) is 8.93. The number of nitrogens with zero attached hydrogens (tertiary/aromatic N) is 2. The number of amides is 1. The standard InChI is InChI=1S/C14H18N4O/c1-14(2,3)12-9-11(13(19)16-15)18(17-12)10-7-5-4-6-8-10/h4-9H,15H2,1-3H3,(H,16,19). The summed E-state index contributed by atoms with van der Waals surface area (Å²) in [4.78, 5) is 11.9. The van der Waals surface area contributed by atoms with Crippen molar-refractivity contribution in [3.63, 3.8) is 0 Å². The minimum absolute atomic E-state index is 0.135. The van der Waals surface area contributed by atoms with Crippen molar-refractivity contribution in [2.75, 3.05) is 0 Å². The van der Waals surface area contributed by atoms with Gasteiger partial charge in [0.05, 0.1) is 11.4 Å². The molecule has 0 aliphatic heterocycles. The minimum Gasteiger partial charge on any atom is -0.289 e. The van der Waals surface area contributed by atoms with E-state index >= 15 is 0 Å². The first-order valence-corrected chi connectivity index (χ1v) is 6.10. The number of rotatable bonds is 2. The van der Waals surface area contributed by atoms with Crippen LogP contribution in [-0.4, -0.2) is 15.7 Å². The van der Waals surface area contributed by atoms with Gasteiger partial charge in [-0.25, -0.2) is 10.5 Å². The number of hydrogen-bond acceptors (Lipinski definition) is 3. The molecule has 3 N–H and O–H groups in total. The molecule has 0 saturated carbocycles. The first-order valence-electron chi connectivity index (χ1n) is 6.10. The van der Waals surface area contributed by atoms with E-state index in [1.165, 1.54) is 0 Å². The Morgan fingerprint density at radius 2 is 1.89 bits per heavy atom. The fraction of sp³-hybridized carbons (Fsp3) is 0.286. The van der Waals surface area contributed by atoms with Crippen LogP contribution in [0.4, 0.5) is 0 Å². The van der Waals surface area contributed by atoms with Crippen LogP contribution in [-0.2, 0) is 5.41 Å². The molecule has 2 aromatic rings. The van der Waals surface area contributed by atoms with Gasteiger partial charge in [-0.05, 0) is 18.2 Å². The number of nitrogens with two attached hydrogens (primary N) is 1. The molecule has 1 aromatic heterocycles. The lowest BCUT2D eigenvalue weighted by molar-refractivity contribution is 0.0946. The Balaban J connectivity index is 2.59. The third kappa shape index (κ3) is 2.66. The van der Waals surface area contributed by atoms with E-state index in [2.05, 4.69) is 31.3 Å². The maximum atomic E-state index is 11.9. The summed E-state index contributed by atoms with van der Waals surface area (Å²) in [6, 6.07) is 11.3. The molecular formula is C14H18N4O. The molecule has 0 saturated heterocycles. The van der Waals surface area contributed by atoms with E-state index < -0.39 is 0 Å². The Labute approximate surface area is 112 Å². The van der Waals surface area contributed by atoms with Crippen molar-refractivity contribution in [3.05, 3.63) is 47.8 Å². The van der Waals surface area contributed by atoms with Crippen LogP contribution >= 0.6 is 0 Å². The average molecular weight is 258 g/mol. The number of nitrogen functional groups attached to an aromatic ring is 1. The second-order valence-corrected chi connectivity index (χ2v) is 5.39. The predicted molar refractivity (Wildman–Crippen MR) is 73.9 cm³/mol. The van der Waals surface area contributed by atoms with Crippen LogP contribution in [0.25, 0.3) is 5.69 Å². The number of carbonyl (C=O) groups is 1. The van der Waals surface area contributed by atoms with E-state index in [1.54, 1.807) is 10.7 Å².